The van der Waals surface area contributed by atoms with Crippen molar-refractivity contribution in [1.29, 1.82) is 0 Å². The number of pyridine rings is 1. The predicted octanol–water partition coefficient (Wildman–Crippen LogP) is 3.38. The average molecular weight is 424 g/mol. The lowest BCUT2D eigenvalue weighted by atomic mass is 9.98. The zero-order chi connectivity index (χ0) is 21.0. The Morgan fingerprint density at radius 2 is 1.90 bits per heavy atom. The Morgan fingerprint density at radius 3 is 2.52 bits per heavy atom. The molecule has 0 radical (unpaired) electrons. The summed E-state index contributed by atoms with van der Waals surface area (Å²) in [6.07, 6.45) is 1.23. The van der Waals surface area contributed by atoms with Crippen LogP contribution in [-0.4, -0.2) is 26.2 Å². The number of nitrogens with one attached hydrogen (secondary N) is 1. The number of aryl methyl sites for hydroxylation is 1. The number of halogens is 3. The van der Waals surface area contributed by atoms with Gasteiger partial charge in [-0.05, 0) is 62.6 Å². The second kappa shape index (κ2) is 6.84. The van der Waals surface area contributed by atoms with Crippen LogP contribution in [0.3, 0.4) is 0 Å². The van der Waals surface area contributed by atoms with Crippen molar-refractivity contribution in [3.8, 4) is 0 Å². The number of sulfonamides is 1. The molecule has 0 amide bonds. The maximum absolute atomic E-state index is 13.1. The second-order valence-corrected chi connectivity index (χ2v) is 9.10. The standard InChI is InChI=1S/C20H19F3N2O3S/c1-24-29(27,28)14-9-10-18-17(11-14)15-3-2-4-16(15)19(26)25(18)13-7-5-12(6-8-13)20(21,22)23/h5,7-12,24H,2-4,6H2,1H3. The topological polar surface area (TPSA) is 68.2 Å². The summed E-state index contributed by atoms with van der Waals surface area (Å²) in [7, 11) is -2.35. The molecule has 1 atom stereocenters. The molecule has 0 saturated carbocycles. The number of aromatic nitrogens is 1. The van der Waals surface area contributed by atoms with Gasteiger partial charge in [0.2, 0.25) is 10.0 Å². The van der Waals surface area contributed by atoms with Crippen molar-refractivity contribution < 1.29 is 21.6 Å². The molecule has 2 aliphatic carbocycles. The third-order valence-electron chi connectivity index (χ3n) is 5.55. The highest BCUT2D eigenvalue weighted by Crippen LogP contribution is 2.35. The number of fused-ring (bicyclic) bond motifs is 3. The van der Waals surface area contributed by atoms with E-state index < -0.39 is 22.1 Å². The molecule has 29 heavy (non-hydrogen) atoms. The minimum absolute atomic E-state index is 0.0806. The number of hydrogen-bond acceptors (Lipinski definition) is 3. The Hall–Kier alpha value is -2.39. The normalized spacial score (nSPS) is 19.4. The van der Waals surface area contributed by atoms with Gasteiger partial charge >= 0.3 is 6.18 Å². The van der Waals surface area contributed by atoms with Crippen molar-refractivity contribution >= 4 is 26.6 Å². The summed E-state index contributed by atoms with van der Waals surface area (Å²) in [6, 6.07) is 4.48. The summed E-state index contributed by atoms with van der Waals surface area (Å²) in [5.41, 5.74) is 2.04. The molecule has 1 unspecified atom stereocenters. The summed E-state index contributed by atoms with van der Waals surface area (Å²) in [4.78, 5) is 13.2. The van der Waals surface area contributed by atoms with E-state index >= 15 is 0 Å². The molecular weight excluding hydrogens is 405 g/mol. The van der Waals surface area contributed by atoms with Crippen molar-refractivity contribution in [3.05, 3.63) is 57.9 Å². The second-order valence-electron chi connectivity index (χ2n) is 7.21. The number of alkyl halides is 3. The molecular formula is C20H19F3N2O3S. The van der Waals surface area contributed by atoms with Gasteiger partial charge in [-0.15, -0.1) is 0 Å². The van der Waals surface area contributed by atoms with Crippen molar-refractivity contribution in [2.45, 2.75) is 36.8 Å². The van der Waals surface area contributed by atoms with E-state index in [1.165, 1.54) is 35.9 Å². The highest BCUT2D eigenvalue weighted by molar-refractivity contribution is 7.89. The predicted molar refractivity (Wildman–Crippen MR) is 104 cm³/mol. The van der Waals surface area contributed by atoms with Gasteiger partial charge in [-0.25, -0.2) is 13.1 Å². The zero-order valence-electron chi connectivity index (χ0n) is 15.6. The summed E-state index contributed by atoms with van der Waals surface area (Å²) < 4.78 is 67.0. The lowest BCUT2D eigenvalue weighted by molar-refractivity contribution is -0.160. The number of rotatable bonds is 3. The summed E-state index contributed by atoms with van der Waals surface area (Å²) in [5, 5.41) is 0.640. The fraction of sp³-hybridized carbons (Fsp3) is 0.350. The van der Waals surface area contributed by atoms with Crippen LogP contribution >= 0.6 is 0 Å². The molecule has 0 saturated heterocycles. The molecule has 4 rings (SSSR count). The van der Waals surface area contributed by atoms with Crippen LogP contribution in [-0.2, 0) is 22.9 Å². The lowest BCUT2D eigenvalue weighted by Gasteiger charge is -2.21. The van der Waals surface area contributed by atoms with Crippen molar-refractivity contribution in [1.82, 2.24) is 9.29 Å². The molecule has 1 heterocycles. The Bertz CT molecular complexity index is 1220. The number of benzene rings is 1. The van der Waals surface area contributed by atoms with Crippen LogP contribution in [0.2, 0.25) is 0 Å². The fourth-order valence-electron chi connectivity index (χ4n) is 4.03. The van der Waals surface area contributed by atoms with Gasteiger partial charge in [0.25, 0.3) is 5.56 Å². The van der Waals surface area contributed by atoms with Crippen LogP contribution in [0.25, 0.3) is 16.6 Å². The monoisotopic (exact) mass is 424 g/mol. The minimum Gasteiger partial charge on any atom is -0.277 e. The van der Waals surface area contributed by atoms with Crippen molar-refractivity contribution in [3.63, 3.8) is 0 Å². The van der Waals surface area contributed by atoms with Crippen molar-refractivity contribution in [2.24, 2.45) is 5.92 Å². The van der Waals surface area contributed by atoms with Crippen LogP contribution in [0.15, 0.2) is 46.1 Å². The SMILES string of the molecule is CNS(=O)(=O)c1ccc2c(c1)c1c(c(=O)n2C2=CCC(C(F)(F)F)C=C2)CCC1. The first-order valence-corrected chi connectivity index (χ1v) is 10.7. The minimum atomic E-state index is -4.33. The van der Waals surface area contributed by atoms with Gasteiger partial charge < -0.3 is 0 Å². The third kappa shape index (κ3) is 3.32. The first kappa shape index (κ1) is 19.9. The quantitative estimate of drug-likeness (QED) is 0.822. The molecule has 1 aromatic carbocycles. The summed E-state index contributed by atoms with van der Waals surface area (Å²) in [5.74, 6) is -1.57. The number of nitrogens with zero attached hydrogens (tertiary/aromatic N) is 1. The smallest absolute Gasteiger partial charge is 0.277 e. The number of hydrogen-bond donors (Lipinski definition) is 1. The van der Waals surface area contributed by atoms with Crippen molar-refractivity contribution in [2.75, 3.05) is 7.05 Å². The molecule has 9 heteroatoms. The van der Waals surface area contributed by atoms with E-state index in [1.807, 2.05) is 0 Å². The molecule has 0 bridgehead atoms. The van der Waals surface area contributed by atoms with Gasteiger partial charge in [-0.2, -0.15) is 13.2 Å². The van der Waals surface area contributed by atoms with E-state index in [-0.39, 0.29) is 16.9 Å². The van der Waals surface area contributed by atoms with E-state index in [0.29, 0.717) is 35.0 Å². The molecule has 0 spiro atoms. The highest BCUT2D eigenvalue weighted by atomic mass is 32.2. The lowest BCUT2D eigenvalue weighted by Crippen LogP contribution is -2.26. The van der Waals surface area contributed by atoms with Crippen LogP contribution in [0.4, 0.5) is 13.2 Å². The van der Waals surface area contributed by atoms with Gasteiger partial charge in [0, 0.05) is 16.6 Å². The van der Waals surface area contributed by atoms with Crippen LogP contribution < -0.4 is 10.3 Å². The van der Waals surface area contributed by atoms with Gasteiger partial charge in [0.1, 0.15) is 0 Å². The Kier molecular flexibility index (Phi) is 4.70. The van der Waals surface area contributed by atoms with Gasteiger partial charge in [0.15, 0.2) is 0 Å². The molecule has 2 aliphatic rings. The van der Waals surface area contributed by atoms with Gasteiger partial charge in [-0.1, -0.05) is 12.2 Å². The van der Waals surface area contributed by atoms with E-state index in [4.69, 9.17) is 0 Å². The maximum atomic E-state index is 13.1. The number of allylic oxidation sites excluding steroid dienone is 4. The summed E-state index contributed by atoms with van der Waals surface area (Å²) in [6.45, 7) is 0. The van der Waals surface area contributed by atoms with Gasteiger partial charge in [0.05, 0.1) is 16.3 Å². The summed E-state index contributed by atoms with van der Waals surface area (Å²) >= 11 is 0. The van der Waals surface area contributed by atoms with E-state index in [1.54, 1.807) is 6.07 Å². The third-order valence-corrected chi connectivity index (χ3v) is 6.96. The fourth-order valence-corrected chi connectivity index (χ4v) is 4.79. The van der Waals surface area contributed by atoms with E-state index in [2.05, 4.69) is 4.72 Å². The molecule has 2 aromatic rings. The molecule has 5 nitrogen and oxygen atoms in total. The molecule has 1 N–H and O–H groups in total. The van der Waals surface area contributed by atoms with Crippen LogP contribution in [0.1, 0.15) is 24.0 Å². The Balaban J connectivity index is 1.93. The Morgan fingerprint density at radius 1 is 1.17 bits per heavy atom. The molecule has 0 fully saturated rings. The highest BCUT2D eigenvalue weighted by Gasteiger charge is 2.38. The molecule has 0 aliphatic heterocycles. The maximum Gasteiger partial charge on any atom is 0.395 e. The average Bonchev–Trinajstić information content (AvgIpc) is 3.18. The molecule has 154 valence electrons. The Labute approximate surface area is 165 Å². The van der Waals surface area contributed by atoms with Crippen LogP contribution in [0.5, 0.6) is 0 Å². The van der Waals surface area contributed by atoms with Gasteiger partial charge in [-0.3, -0.25) is 9.36 Å². The largest absolute Gasteiger partial charge is 0.395 e. The first-order chi connectivity index (χ1) is 13.6. The first-order valence-electron chi connectivity index (χ1n) is 9.23. The van der Waals surface area contributed by atoms with E-state index in [0.717, 1.165) is 18.1 Å². The zero-order valence-corrected chi connectivity index (χ0v) is 16.4. The van der Waals surface area contributed by atoms with Crippen LogP contribution in [0, 0.1) is 5.92 Å². The molecule has 1 aromatic heterocycles. The van der Waals surface area contributed by atoms with E-state index in [9.17, 15) is 26.4 Å².